The van der Waals surface area contributed by atoms with Gasteiger partial charge in [-0.15, -0.1) is 0 Å². The van der Waals surface area contributed by atoms with Crippen LogP contribution in [0, 0.1) is 5.92 Å². The van der Waals surface area contributed by atoms with E-state index in [4.69, 9.17) is 4.74 Å². The number of hydrogen-bond acceptors (Lipinski definition) is 4. The third kappa shape index (κ3) is 6.29. The van der Waals surface area contributed by atoms with E-state index in [9.17, 15) is 9.59 Å². The summed E-state index contributed by atoms with van der Waals surface area (Å²) in [7, 11) is 3.53. The molecule has 0 spiro atoms. The highest BCUT2D eigenvalue weighted by atomic mass is 16.5. The van der Waals surface area contributed by atoms with E-state index in [0.29, 0.717) is 25.4 Å². The van der Waals surface area contributed by atoms with Gasteiger partial charge >= 0.3 is 0 Å². The van der Waals surface area contributed by atoms with Crippen LogP contribution in [0.15, 0.2) is 73.1 Å². The molecule has 0 saturated carbocycles. The van der Waals surface area contributed by atoms with Gasteiger partial charge in [0.2, 0.25) is 11.8 Å². The van der Waals surface area contributed by atoms with Crippen molar-refractivity contribution in [2.75, 3.05) is 27.2 Å². The zero-order chi connectivity index (χ0) is 24.6. The van der Waals surface area contributed by atoms with E-state index in [1.807, 2.05) is 71.6 Å². The molecule has 1 fully saturated rings. The number of benzene rings is 2. The van der Waals surface area contributed by atoms with Crippen molar-refractivity contribution >= 4 is 11.8 Å². The van der Waals surface area contributed by atoms with Crippen LogP contribution in [0.3, 0.4) is 0 Å². The molecule has 0 unspecified atom stereocenters. The number of nitrogens with zero attached hydrogens (tertiary/aromatic N) is 4. The molecule has 1 aliphatic heterocycles. The van der Waals surface area contributed by atoms with Crippen molar-refractivity contribution < 1.29 is 14.3 Å². The second-order valence-corrected chi connectivity index (χ2v) is 9.17. The van der Waals surface area contributed by atoms with Crippen molar-refractivity contribution in [1.82, 2.24) is 19.6 Å². The Hall–Kier alpha value is -3.61. The van der Waals surface area contributed by atoms with E-state index in [2.05, 4.69) is 17.2 Å². The zero-order valence-electron chi connectivity index (χ0n) is 20.5. The van der Waals surface area contributed by atoms with Crippen LogP contribution in [0.2, 0.25) is 0 Å². The Labute approximate surface area is 207 Å². The molecule has 2 aromatic carbocycles. The first-order valence-electron chi connectivity index (χ1n) is 12.2. The number of amides is 2. The summed E-state index contributed by atoms with van der Waals surface area (Å²) in [6.45, 7) is 1.63. The van der Waals surface area contributed by atoms with E-state index >= 15 is 0 Å². The lowest BCUT2D eigenvalue weighted by Gasteiger charge is -2.40. The van der Waals surface area contributed by atoms with Crippen molar-refractivity contribution in [3.05, 3.63) is 84.2 Å². The van der Waals surface area contributed by atoms with Gasteiger partial charge in [-0.05, 0) is 42.9 Å². The Morgan fingerprint density at radius 1 is 1.06 bits per heavy atom. The minimum atomic E-state index is 0.0457. The number of likely N-dealkylation sites (N-methyl/N-ethyl adjacent to an activating group) is 1. The van der Waals surface area contributed by atoms with Crippen LogP contribution in [0.5, 0.6) is 5.75 Å². The number of likely N-dealkylation sites (tertiary alicyclic amines) is 1. The number of piperidine rings is 1. The highest BCUT2D eigenvalue weighted by Crippen LogP contribution is 2.28. The average Bonchev–Trinajstić information content (AvgIpc) is 3.41. The Bertz CT molecular complexity index is 1090. The maximum Gasteiger partial charge on any atom is 0.244 e. The molecule has 0 radical (unpaired) electrons. The molecular weight excluding hydrogens is 440 g/mol. The first kappa shape index (κ1) is 24.5. The van der Waals surface area contributed by atoms with E-state index in [1.54, 1.807) is 18.0 Å². The smallest absolute Gasteiger partial charge is 0.244 e. The third-order valence-electron chi connectivity index (χ3n) is 7.01. The van der Waals surface area contributed by atoms with Gasteiger partial charge in [-0.1, -0.05) is 48.5 Å². The van der Waals surface area contributed by atoms with E-state index in [-0.39, 0.29) is 24.4 Å². The first-order valence-corrected chi connectivity index (χ1v) is 12.2. The lowest BCUT2D eigenvalue weighted by atomic mass is 9.84. The molecular formula is C28H34N4O3. The van der Waals surface area contributed by atoms with Crippen LogP contribution in [0.25, 0.3) is 0 Å². The molecule has 1 atom stereocenters. The molecule has 2 amide bonds. The molecule has 2 heterocycles. The number of aromatic nitrogens is 2. The van der Waals surface area contributed by atoms with Gasteiger partial charge in [0.15, 0.2) is 0 Å². The molecule has 4 rings (SSSR count). The Morgan fingerprint density at radius 3 is 2.46 bits per heavy atom. The number of rotatable bonds is 9. The second-order valence-electron chi connectivity index (χ2n) is 9.17. The van der Waals surface area contributed by atoms with Crippen molar-refractivity contribution in [2.45, 2.75) is 38.3 Å². The fraction of sp³-hybridized carbons (Fsp3) is 0.393. The van der Waals surface area contributed by atoms with Crippen LogP contribution in [-0.4, -0.2) is 64.7 Å². The maximum atomic E-state index is 13.1. The minimum Gasteiger partial charge on any atom is -0.496 e. The van der Waals surface area contributed by atoms with Crippen molar-refractivity contribution in [3.63, 3.8) is 0 Å². The minimum absolute atomic E-state index is 0.0457. The van der Waals surface area contributed by atoms with Crippen LogP contribution < -0.4 is 4.74 Å². The zero-order valence-corrected chi connectivity index (χ0v) is 20.5. The molecule has 0 N–H and O–H groups in total. The van der Waals surface area contributed by atoms with Crippen molar-refractivity contribution in [1.29, 1.82) is 0 Å². The summed E-state index contributed by atoms with van der Waals surface area (Å²) in [6, 6.07) is 19.9. The number of carbonyl (C=O) groups is 2. The third-order valence-corrected chi connectivity index (χ3v) is 7.01. The van der Waals surface area contributed by atoms with Crippen LogP contribution >= 0.6 is 0 Å². The Kier molecular flexibility index (Phi) is 8.19. The molecule has 1 aromatic heterocycles. The fourth-order valence-corrected chi connectivity index (χ4v) is 4.96. The molecule has 184 valence electrons. The second kappa shape index (κ2) is 11.7. The number of para-hydroxylation sites is 1. The van der Waals surface area contributed by atoms with Crippen LogP contribution in [0.1, 0.15) is 24.0 Å². The van der Waals surface area contributed by atoms with Crippen molar-refractivity contribution in [2.24, 2.45) is 5.92 Å². The van der Waals surface area contributed by atoms with Gasteiger partial charge in [-0.2, -0.15) is 5.10 Å². The summed E-state index contributed by atoms with van der Waals surface area (Å²) in [5.74, 6) is 1.23. The Balaban J connectivity index is 1.41. The van der Waals surface area contributed by atoms with Gasteiger partial charge in [-0.25, -0.2) is 0 Å². The first-order chi connectivity index (χ1) is 17.0. The monoisotopic (exact) mass is 474 g/mol. The number of methoxy groups -OCH3 is 1. The topological polar surface area (TPSA) is 67.7 Å². The molecule has 1 aliphatic rings. The van der Waals surface area contributed by atoms with Gasteiger partial charge in [0.25, 0.3) is 0 Å². The number of carbonyl (C=O) groups excluding carboxylic acids is 2. The molecule has 7 nitrogen and oxygen atoms in total. The molecule has 1 saturated heterocycles. The summed E-state index contributed by atoms with van der Waals surface area (Å²) in [6.07, 6.45) is 6.37. The van der Waals surface area contributed by atoms with Gasteiger partial charge in [0.05, 0.1) is 13.5 Å². The standard InChI is InChI=1S/C28H34N4O3/c1-30(28(34)21-32-16-8-15-29-32)25(19-22-9-4-3-5-10-22)23-13-17-31(18-14-23)27(33)20-24-11-6-7-12-26(24)35-2/h3-12,15-16,23,25H,13-14,17-21H2,1-2H3/t25-/m0/s1. The van der Waals surface area contributed by atoms with E-state index < -0.39 is 0 Å². The predicted octanol–water partition coefficient (Wildman–Crippen LogP) is 3.44. The van der Waals surface area contributed by atoms with Gasteiger partial charge in [0, 0.05) is 44.1 Å². The normalized spacial score (nSPS) is 15.0. The van der Waals surface area contributed by atoms with Crippen molar-refractivity contribution in [3.8, 4) is 5.75 Å². The summed E-state index contributed by atoms with van der Waals surface area (Å²) in [4.78, 5) is 30.0. The van der Waals surface area contributed by atoms with E-state index in [0.717, 1.165) is 30.6 Å². The lowest BCUT2D eigenvalue weighted by Crippen LogP contribution is -2.49. The van der Waals surface area contributed by atoms with Crippen LogP contribution in [-0.2, 0) is 29.0 Å². The maximum absolute atomic E-state index is 13.1. The van der Waals surface area contributed by atoms with E-state index in [1.165, 1.54) is 5.56 Å². The van der Waals surface area contributed by atoms with Gasteiger partial charge in [0.1, 0.15) is 12.3 Å². The van der Waals surface area contributed by atoms with Gasteiger partial charge in [-0.3, -0.25) is 14.3 Å². The fourth-order valence-electron chi connectivity index (χ4n) is 4.96. The summed E-state index contributed by atoms with van der Waals surface area (Å²) in [5.41, 5.74) is 2.12. The molecule has 0 bridgehead atoms. The molecule has 3 aromatic rings. The quantitative estimate of drug-likeness (QED) is 0.477. The number of ether oxygens (including phenoxy) is 1. The SMILES string of the molecule is COc1ccccc1CC(=O)N1CCC([C@H](Cc2ccccc2)N(C)C(=O)Cn2cccn2)CC1. The molecule has 35 heavy (non-hydrogen) atoms. The van der Waals surface area contributed by atoms with Crippen LogP contribution in [0.4, 0.5) is 0 Å². The molecule has 7 heteroatoms. The number of hydrogen-bond donors (Lipinski definition) is 0. The van der Waals surface area contributed by atoms with Gasteiger partial charge < -0.3 is 14.5 Å². The summed E-state index contributed by atoms with van der Waals surface area (Å²) in [5, 5.41) is 4.19. The summed E-state index contributed by atoms with van der Waals surface area (Å²) >= 11 is 0. The predicted molar refractivity (Wildman–Crippen MR) is 135 cm³/mol. The largest absolute Gasteiger partial charge is 0.496 e. The molecule has 0 aliphatic carbocycles. The summed E-state index contributed by atoms with van der Waals surface area (Å²) < 4.78 is 7.07. The highest BCUT2D eigenvalue weighted by Gasteiger charge is 2.33. The average molecular weight is 475 g/mol. The lowest BCUT2D eigenvalue weighted by molar-refractivity contribution is -0.136. The Morgan fingerprint density at radius 2 is 1.77 bits per heavy atom. The highest BCUT2D eigenvalue weighted by molar-refractivity contribution is 5.79.